The highest BCUT2D eigenvalue weighted by atomic mass is 16.5. The Kier molecular flexibility index (Phi) is 17.0. The van der Waals surface area contributed by atoms with Crippen molar-refractivity contribution in [3.8, 4) is 17.2 Å². The van der Waals surface area contributed by atoms with Crippen LogP contribution in [0.15, 0.2) is 46.3 Å². The smallest absolute Gasteiger partial charge is 0.297 e. The van der Waals surface area contributed by atoms with E-state index in [1.54, 1.807) is 7.11 Å². The van der Waals surface area contributed by atoms with Gasteiger partial charge in [-0.3, -0.25) is 4.79 Å². The van der Waals surface area contributed by atoms with Crippen LogP contribution in [-0.4, -0.2) is 24.9 Å². The largest absolute Gasteiger partial charge is 0.497 e. The quantitative estimate of drug-likeness (QED) is 0.105. The SMILES string of the molecule is CCCCCCCCOc1c(OC/C=C(\C)CCC=C(C)C)c2ccc(OC)cc2n(CCCCCCCC)c1=O. The van der Waals surface area contributed by atoms with Gasteiger partial charge in [0.2, 0.25) is 5.75 Å². The number of aryl methyl sites for hydroxylation is 1. The third-order valence-electron chi connectivity index (χ3n) is 7.62. The fourth-order valence-corrected chi connectivity index (χ4v) is 5.06. The average Bonchev–Trinajstić information content (AvgIpc) is 2.96. The van der Waals surface area contributed by atoms with E-state index in [-0.39, 0.29) is 5.56 Å². The number of ether oxygens (including phenoxy) is 3. The highest BCUT2D eigenvalue weighted by molar-refractivity contribution is 5.89. The number of unbranched alkanes of at least 4 members (excludes halogenated alkanes) is 10. The number of allylic oxidation sites excluding steroid dienone is 3. The maximum absolute atomic E-state index is 14.0. The normalized spacial score (nSPS) is 11.6. The Morgan fingerprint density at radius 2 is 1.46 bits per heavy atom. The molecule has 0 aliphatic carbocycles. The molecule has 0 aliphatic rings. The van der Waals surface area contributed by atoms with Gasteiger partial charge in [0.25, 0.3) is 5.56 Å². The van der Waals surface area contributed by atoms with Crippen molar-refractivity contribution in [1.29, 1.82) is 0 Å². The second-order valence-corrected chi connectivity index (χ2v) is 11.6. The van der Waals surface area contributed by atoms with E-state index in [1.165, 1.54) is 62.5 Å². The van der Waals surface area contributed by atoms with E-state index in [0.717, 1.165) is 55.2 Å². The van der Waals surface area contributed by atoms with Crippen LogP contribution in [0.1, 0.15) is 125 Å². The Balaban J connectivity index is 2.35. The van der Waals surface area contributed by atoms with E-state index < -0.39 is 0 Å². The number of pyridine rings is 1. The zero-order valence-electron chi connectivity index (χ0n) is 27.0. The molecular formula is C36H57NO4. The van der Waals surface area contributed by atoms with Crippen LogP contribution in [0, 0.1) is 0 Å². The molecule has 1 aromatic carbocycles. The van der Waals surface area contributed by atoms with Crippen LogP contribution in [0.5, 0.6) is 17.2 Å². The lowest BCUT2D eigenvalue weighted by Crippen LogP contribution is -2.24. The van der Waals surface area contributed by atoms with Gasteiger partial charge in [0.15, 0.2) is 5.75 Å². The molecule has 5 nitrogen and oxygen atoms in total. The maximum atomic E-state index is 14.0. The number of aromatic nitrogens is 1. The van der Waals surface area contributed by atoms with Gasteiger partial charge in [0.1, 0.15) is 12.4 Å². The van der Waals surface area contributed by atoms with E-state index in [1.807, 2.05) is 22.8 Å². The molecule has 1 aromatic heterocycles. The minimum absolute atomic E-state index is 0.107. The van der Waals surface area contributed by atoms with E-state index in [2.05, 4.69) is 46.8 Å². The van der Waals surface area contributed by atoms with Gasteiger partial charge >= 0.3 is 0 Å². The summed E-state index contributed by atoms with van der Waals surface area (Å²) in [6, 6.07) is 5.90. The summed E-state index contributed by atoms with van der Waals surface area (Å²) in [6.07, 6.45) is 20.4. The first-order chi connectivity index (χ1) is 19.9. The molecule has 41 heavy (non-hydrogen) atoms. The van der Waals surface area contributed by atoms with E-state index in [0.29, 0.717) is 31.3 Å². The van der Waals surface area contributed by atoms with Crippen molar-refractivity contribution in [2.45, 2.75) is 131 Å². The molecule has 2 rings (SSSR count). The molecule has 0 aliphatic heterocycles. The molecule has 0 bridgehead atoms. The minimum atomic E-state index is -0.107. The Hall–Kier alpha value is -2.69. The lowest BCUT2D eigenvalue weighted by Gasteiger charge is -2.19. The molecule has 0 unspecified atom stereocenters. The summed E-state index contributed by atoms with van der Waals surface area (Å²) in [5.74, 6) is 1.62. The Bertz CT molecular complexity index is 1140. The van der Waals surface area contributed by atoms with Crippen molar-refractivity contribution in [1.82, 2.24) is 4.57 Å². The average molecular weight is 568 g/mol. The molecule has 0 atom stereocenters. The van der Waals surface area contributed by atoms with Crippen molar-refractivity contribution in [3.63, 3.8) is 0 Å². The first-order valence-electron chi connectivity index (χ1n) is 16.2. The van der Waals surface area contributed by atoms with Gasteiger partial charge in [-0.25, -0.2) is 0 Å². The van der Waals surface area contributed by atoms with Crippen molar-refractivity contribution in [2.75, 3.05) is 20.3 Å². The number of benzene rings is 1. The molecule has 230 valence electrons. The molecule has 0 fully saturated rings. The number of rotatable bonds is 22. The summed E-state index contributed by atoms with van der Waals surface area (Å²) in [7, 11) is 1.66. The molecule has 5 heteroatoms. The highest BCUT2D eigenvalue weighted by Gasteiger charge is 2.20. The number of nitrogens with zero attached hydrogens (tertiary/aromatic N) is 1. The van der Waals surface area contributed by atoms with Crippen LogP contribution < -0.4 is 19.8 Å². The fraction of sp³-hybridized carbons (Fsp3) is 0.639. The molecule has 0 N–H and O–H groups in total. The third kappa shape index (κ3) is 12.4. The van der Waals surface area contributed by atoms with E-state index in [9.17, 15) is 4.79 Å². The summed E-state index contributed by atoms with van der Waals surface area (Å²) in [5, 5.41) is 0.893. The van der Waals surface area contributed by atoms with Crippen LogP contribution in [0.2, 0.25) is 0 Å². The van der Waals surface area contributed by atoms with Gasteiger partial charge in [-0.15, -0.1) is 0 Å². The number of hydrogen-bond donors (Lipinski definition) is 0. The predicted molar refractivity (Wildman–Crippen MR) is 175 cm³/mol. The maximum Gasteiger partial charge on any atom is 0.297 e. The number of fused-ring (bicyclic) bond motifs is 1. The molecule has 0 spiro atoms. The molecule has 1 heterocycles. The molecule has 0 saturated heterocycles. The Morgan fingerprint density at radius 1 is 0.805 bits per heavy atom. The second-order valence-electron chi connectivity index (χ2n) is 11.6. The topological polar surface area (TPSA) is 49.7 Å². The summed E-state index contributed by atoms with van der Waals surface area (Å²) in [4.78, 5) is 14.0. The summed E-state index contributed by atoms with van der Waals surface area (Å²) in [6.45, 7) is 12.4. The van der Waals surface area contributed by atoms with Crippen LogP contribution >= 0.6 is 0 Å². The molecule has 0 radical (unpaired) electrons. The van der Waals surface area contributed by atoms with Gasteiger partial charge in [-0.05, 0) is 64.7 Å². The van der Waals surface area contributed by atoms with Crippen LogP contribution in [0.25, 0.3) is 10.9 Å². The first kappa shape index (κ1) is 34.5. The van der Waals surface area contributed by atoms with E-state index >= 15 is 0 Å². The zero-order valence-corrected chi connectivity index (χ0v) is 27.0. The van der Waals surface area contributed by atoms with Crippen molar-refractivity contribution in [2.24, 2.45) is 0 Å². The number of methoxy groups -OCH3 is 1. The standard InChI is InChI=1S/C36H57NO4/c1-7-9-11-13-15-17-25-37-33-28-31(39-6)22-23-32(33)34(41-27-24-30(5)21-19-20-29(3)4)35(36(37)38)40-26-18-16-14-12-10-8-2/h20,22-24,28H,7-19,21,25-27H2,1-6H3/b30-24+. The monoisotopic (exact) mass is 567 g/mol. The van der Waals surface area contributed by atoms with Gasteiger partial charge in [0.05, 0.1) is 19.2 Å². The molecular weight excluding hydrogens is 510 g/mol. The van der Waals surface area contributed by atoms with Gasteiger partial charge in [0, 0.05) is 18.0 Å². The molecule has 0 saturated carbocycles. The van der Waals surface area contributed by atoms with Gasteiger partial charge in [-0.2, -0.15) is 0 Å². The van der Waals surface area contributed by atoms with Crippen LogP contribution in [-0.2, 0) is 6.54 Å². The predicted octanol–water partition coefficient (Wildman–Crippen LogP) is 10.2. The molecule has 2 aromatic rings. The zero-order chi connectivity index (χ0) is 29.9. The lowest BCUT2D eigenvalue weighted by molar-refractivity contribution is 0.271. The van der Waals surface area contributed by atoms with E-state index in [4.69, 9.17) is 14.2 Å². The highest BCUT2D eigenvalue weighted by Crippen LogP contribution is 2.35. The molecule has 0 amide bonds. The third-order valence-corrected chi connectivity index (χ3v) is 7.62. The summed E-state index contributed by atoms with van der Waals surface area (Å²) >= 11 is 0. The number of hydrogen-bond acceptors (Lipinski definition) is 4. The Labute approximate surface area is 250 Å². The van der Waals surface area contributed by atoms with Crippen LogP contribution in [0.4, 0.5) is 0 Å². The first-order valence-corrected chi connectivity index (χ1v) is 16.2. The van der Waals surface area contributed by atoms with Crippen molar-refractivity contribution < 1.29 is 14.2 Å². The summed E-state index contributed by atoms with van der Waals surface area (Å²) < 4.78 is 20.1. The minimum Gasteiger partial charge on any atom is -0.497 e. The van der Waals surface area contributed by atoms with Crippen molar-refractivity contribution >= 4 is 10.9 Å². The van der Waals surface area contributed by atoms with Crippen molar-refractivity contribution in [3.05, 3.63) is 51.9 Å². The van der Waals surface area contributed by atoms with Gasteiger partial charge in [-0.1, -0.05) is 95.3 Å². The fourth-order valence-electron chi connectivity index (χ4n) is 5.06. The second kappa shape index (κ2) is 20.2. The van der Waals surface area contributed by atoms with Crippen LogP contribution in [0.3, 0.4) is 0 Å². The summed E-state index contributed by atoms with van der Waals surface area (Å²) in [5.41, 5.74) is 3.35. The lowest BCUT2D eigenvalue weighted by atomic mass is 10.1. The Morgan fingerprint density at radius 3 is 2.12 bits per heavy atom. The van der Waals surface area contributed by atoms with Gasteiger partial charge < -0.3 is 18.8 Å².